The van der Waals surface area contributed by atoms with Crippen LogP contribution in [0, 0.1) is 0 Å². The number of hydrogen-bond acceptors (Lipinski definition) is 2. The molecular weight excluding hydrogens is 209 g/mol. The van der Waals surface area contributed by atoms with Gasteiger partial charge >= 0.3 is 6.18 Å². The number of halogens is 4. The van der Waals surface area contributed by atoms with E-state index < -0.39 is 18.3 Å². The van der Waals surface area contributed by atoms with Gasteiger partial charge in [-0.05, 0) is 6.07 Å². The standard InChI is InChI=1S/C6H4ClF3N2O/c7-4-1-2-11-12(5(4)13)3-6(8,9)10/h1-2H,3H2. The number of alkyl halides is 3. The maximum Gasteiger partial charge on any atom is 0.408 e. The quantitative estimate of drug-likeness (QED) is 0.706. The van der Waals surface area contributed by atoms with Crippen molar-refractivity contribution in [3.63, 3.8) is 0 Å². The summed E-state index contributed by atoms with van der Waals surface area (Å²) in [5.41, 5.74) is -0.943. The van der Waals surface area contributed by atoms with Gasteiger partial charge in [0.2, 0.25) is 0 Å². The van der Waals surface area contributed by atoms with Crippen molar-refractivity contribution in [1.82, 2.24) is 9.78 Å². The maximum atomic E-state index is 11.8. The van der Waals surface area contributed by atoms with E-state index in [4.69, 9.17) is 11.6 Å². The van der Waals surface area contributed by atoms with E-state index in [1.807, 2.05) is 0 Å². The van der Waals surface area contributed by atoms with Crippen LogP contribution in [0.3, 0.4) is 0 Å². The minimum Gasteiger partial charge on any atom is -0.266 e. The average molecular weight is 213 g/mol. The molecule has 1 aromatic rings. The first-order valence-electron chi connectivity index (χ1n) is 3.18. The van der Waals surface area contributed by atoms with Crippen LogP contribution in [0.1, 0.15) is 0 Å². The van der Waals surface area contributed by atoms with Gasteiger partial charge in [-0.25, -0.2) is 4.68 Å². The van der Waals surface area contributed by atoms with Crippen LogP contribution in [0.25, 0.3) is 0 Å². The number of hydrogen-bond donors (Lipinski definition) is 0. The lowest BCUT2D eigenvalue weighted by atomic mass is 10.5. The van der Waals surface area contributed by atoms with E-state index in [1.54, 1.807) is 0 Å². The molecule has 0 radical (unpaired) electrons. The molecular formula is C6H4ClF3N2O. The molecule has 1 aromatic heterocycles. The Morgan fingerprint density at radius 2 is 2.15 bits per heavy atom. The van der Waals surface area contributed by atoms with Gasteiger partial charge in [-0.3, -0.25) is 4.79 Å². The molecule has 0 bridgehead atoms. The van der Waals surface area contributed by atoms with Gasteiger partial charge in [0.25, 0.3) is 5.56 Å². The summed E-state index contributed by atoms with van der Waals surface area (Å²) in [6.07, 6.45) is -3.43. The number of rotatable bonds is 1. The third-order valence-corrected chi connectivity index (χ3v) is 1.48. The first kappa shape index (κ1) is 10.0. The highest BCUT2D eigenvalue weighted by Gasteiger charge is 2.29. The Morgan fingerprint density at radius 3 is 2.69 bits per heavy atom. The van der Waals surface area contributed by atoms with Crippen LogP contribution >= 0.6 is 11.6 Å². The second kappa shape index (κ2) is 3.37. The molecule has 1 rings (SSSR count). The summed E-state index contributed by atoms with van der Waals surface area (Å²) in [6.45, 7) is -1.42. The smallest absolute Gasteiger partial charge is 0.266 e. The first-order chi connectivity index (χ1) is 5.90. The highest BCUT2D eigenvalue weighted by molar-refractivity contribution is 6.30. The lowest BCUT2D eigenvalue weighted by Crippen LogP contribution is -2.30. The minimum atomic E-state index is -4.47. The topological polar surface area (TPSA) is 34.9 Å². The summed E-state index contributed by atoms with van der Waals surface area (Å²) in [5, 5.41) is 2.95. The molecule has 0 fully saturated rings. The summed E-state index contributed by atoms with van der Waals surface area (Å²) in [5.74, 6) is 0. The third-order valence-electron chi connectivity index (χ3n) is 1.19. The minimum absolute atomic E-state index is 0.266. The Hall–Kier alpha value is -1.04. The maximum absolute atomic E-state index is 11.8. The molecule has 0 aliphatic rings. The van der Waals surface area contributed by atoms with Gasteiger partial charge in [0.1, 0.15) is 11.6 Å². The zero-order valence-corrected chi connectivity index (χ0v) is 6.93. The van der Waals surface area contributed by atoms with E-state index in [1.165, 1.54) is 0 Å². The summed E-state index contributed by atoms with van der Waals surface area (Å²) in [4.78, 5) is 10.9. The Kier molecular flexibility index (Phi) is 2.60. The van der Waals surface area contributed by atoms with Crippen molar-refractivity contribution in [3.8, 4) is 0 Å². The van der Waals surface area contributed by atoms with Gasteiger partial charge in [0, 0.05) is 6.20 Å². The fourth-order valence-corrected chi connectivity index (χ4v) is 0.863. The van der Waals surface area contributed by atoms with Gasteiger partial charge in [0.05, 0.1) is 0 Å². The molecule has 0 aromatic carbocycles. The molecule has 0 aliphatic heterocycles. The Bertz CT molecular complexity index is 360. The van der Waals surface area contributed by atoms with Crippen LogP contribution in [0.4, 0.5) is 13.2 Å². The molecule has 0 spiro atoms. The van der Waals surface area contributed by atoms with Gasteiger partial charge in [-0.2, -0.15) is 18.3 Å². The number of aromatic nitrogens is 2. The largest absolute Gasteiger partial charge is 0.408 e. The van der Waals surface area contributed by atoms with Crippen LogP contribution in [-0.4, -0.2) is 16.0 Å². The fraction of sp³-hybridized carbons (Fsp3) is 0.333. The van der Waals surface area contributed by atoms with Crippen LogP contribution in [0.2, 0.25) is 5.02 Å². The molecule has 1 heterocycles. The molecule has 0 aliphatic carbocycles. The molecule has 7 heteroatoms. The summed E-state index contributed by atoms with van der Waals surface area (Å²) in [6, 6.07) is 1.14. The van der Waals surface area contributed by atoms with Crippen molar-refractivity contribution in [1.29, 1.82) is 0 Å². The monoisotopic (exact) mass is 212 g/mol. The SMILES string of the molecule is O=c1c(Cl)ccnn1CC(F)(F)F. The Balaban J connectivity index is 3.03. The lowest BCUT2D eigenvalue weighted by Gasteiger charge is -2.07. The van der Waals surface area contributed by atoms with Gasteiger partial charge in [-0.1, -0.05) is 11.6 Å². The van der Waals surface area contributed by atoms with E-state index in [-0.39, 0.29) is 9.70 Å². The molecule has 13 heavy (non-hydrogen) atoms. The van der Waals surface area contributed by atoms with Gasteiger partial charge in [-0.15, -0.1) is 0 Å². The first-order valence-corrected chi connectivity index (χ1v) is 3.56. The van der Waals surface area contributed by atoms with Crippen LogP contribution in [0.15, 0.2) is 17.1 Å². The molecule has 72 valence electrons. The zero-order valence-electron chi connectivity index (χ0n) is 6.18. The van der Waals surface area contributed by atoms with Crippen molar-refractivity contribution >= 4 is 11.6 Å². The average Bonchev–Trinajstić information content (AvgIpc) is 1.96. The van der Waals surface area contributed by atoms with E-state index in [9.17, 15) is 18.0 Å². The Labute approximate surface area is 75.7 Å². The molecule has 0 amide bonds. The highest BCUT2D eigenvalue weighted by Crippen LogP contribution is 2.15. The second-order valence-electron chi connectivity index (χ2n) is 2.26. The summed E-state index contributed by atoms with van der Waals surface area (Å²) >= 11 is 5.30. The van der Waals surface area contributed by atoms with E-state index in [0.717, 1.165) is 12.3 Å². The van der Waals surface area contributed by atoms with Gasteiger partial charge in [0.15, 0.2) is 0 Å². The predicted molar refractivity (Wildman–Crippen MR) is 39.6 cm³/mol. The molecule has 0 atom stereocenters. The van der Waals surface area contributed by atoms with Crippen LogP contribution in [-0.2, 0) is 6.54 Å². The zero-order chi connectivity index (χ0) is 10.1. The second-order valence-corrected chi connectivity index (χ2v) is 2.66. The van der Waals surface area contributed by atoms with Crippen molar-refractivity contribution < 1.29 is 13.2 Å². The predicted octanol–water partition coefficient (Wildman–Crippen LogP) is 1.46. The van der Waals surface area contributed by atoms with Crippen molar-refractivity contribution in [2.45, 2.75) is 12.7 Å². The fourth-order valence-electron chi connectivity index (χ4n) is 0.709. The van der Waals surface area contributed by atoms with E-state index in [0.29, 0.717) is 0 Å². The van der Waals surface area contributed by atoms with Crippen LogP contribution in [0.5, 0.6) is 0 Å². The molecule has 0 saturated heterocycles. The third kappa shape index (κ3) is 2.73. The molecule has 0 unspecified atom stereocenters. The summed E-state index contributed by atoms with van der Waals surface area (Å²) in [7, 11) is 0. The molecule has 0 N–H and O–H groups in total. The van der Waals surface area contributed by atoms with Gasteiger partial charge < -0.3 is 0 Å². The van der Waals surface area contributed by atoms with Crippen molar-refractivity contribution in [2.24, 2.45) is 0 Å². The highest BCUT2D eigenvalue weighted by atomic mass is 35.5. The van der Waals surface area contributed by atoms with Crippen molar-refractivity contribution in [2.75, 3.05) is 0 Å². The van der Waals surface area contributed by atoms with E-state index >= 15 is 0 Å². The summed E-state index contributed by atoms with van der Waals surface area (Å²) < 4.78 is 35.7. The normalized spacial score (nSPS) is 11.7. The van der Waals surface area contributed by atoms with Crippen LogP contribution < -0.4 is 5.56 Å². The van der Waals surface area contributed by atoms with E-state index in [2.05, 4.69) is 5.10 Å². The molecule has 3 nitrogen and oxygen atoms in total. The molecule has 0 saturated carbocycles. The lowest BCUT2D eigenvalue weighted by molar-refractivity contribution is -0.143. The van der Waals surface area contributed by atoms with Crippen molar-refractivity contribution in [3.05, 3.63) is 27.6 Å². The Morgan fingerprint density at radius 1 is 1.54 bits per heavy atom. The number of nitrogens with zero attached hydrogens (tertiary/aromatic N) is 2.